The van der Waals surface area contributed by atoms with E-state index in [1.807, 2.05) is 13.8 Å². The molecule has 1 aromatic rings. The molecule has 0 fully saturated rings. The molecule has 0 aliphatic heterocycles. The highest BCUT2D eigenvalue weighted by molar-refractivity contribution is 5.97. The van der Waals surface area contributed by atoms with Crippen molar-refractivity contribution in [3.8, 4) is 5.75 Å². The molecular weight excluding hydrogens is 246 g/mol. The van der Waals surface area contributed by atoms with Crippen molar-refractivity contribution in [2.24, 2.45) is 0 Å². The van der Waals surface area contributed by atoms with Crippen LogP contribution in [-0.2, 0) is 4.79 Å². The minimum atomic E-state index is -1.04. The van der Waals surface area contributed by atoms with Crippen molar-refractivity contribution in [1.82, 2.24) is 4.90 Å². The number of hydrogen-bond acceptors (Lipinski definition) is 3. The number of hydrogen-bond donors (Lipinski definition) is 2. The van der Waals surface area contributed by atoms with Gasteiger partial charge in [0.15, 0.2) is 0 Å². The Kier molecular flexibility index (Phi) is 4.92. The molecule has 0 spiro atoms. The molecule has 2 N–H and O–H groups in total. The molecule has 0 aliphatic rings. The molecule has 0 radical (unpaired) electrons. The molecule has 0 bridgehead atoms. The molecule has 0 heterocycles. The summed E-state index contributed by atoms with van der Waals surface area (Å²) < 4.78 is 0. The van der Waals surface area contributed by atoms with E-state index in [2.05, 4.69) is 0 Å². The van der Waals surface area contributed by atoms with Crippen LogP contribution in [-0.4, -0.2) is 39.6 Å². The molecule has 1 aromatic carbocycles. The molecule has 19 heavy (non-hydrogen) atoms. The highest BCUT2D eigenvalue weighted by Gasteiger charge is 2.23. The predicted octanol–water partition coefficient (Wildman–Crippen LogP) is 2.03. The van der Waals surface area contributed by atoms with E-state index in [0.717, 1.165) is 0 Å². The molecule has 104 valence electrons. The first-order valence-electron chi connectivity index (χ1n) is 6.19. The quantitative estimate of drug-likeness (QED) is 0.853. The number of phenols is 1. The molecule has 1 rings (SSSR count). The van der Waals surface area contributed by atoms with Gasteiger partial charge in [0.05, 0.1) is 0 Å². The van der Waals surface area contributed by atoms with Crippen LogP contribution < -0.4 is 0 Å². The zero-order valence-corrected chi connectivity index (χ0v) is 11.4. The Balaban J connectivity index is 3.08. The zero-order chi connectivity index (χ0) is 14.6. The Morgan fingerprint density at radius 2 is 2.00 bits per heavy atom. The molecule has 1 amide bonds. The third-order valence-electron chi connectivity index (χ3n) is 3.13. The lowest BCUT2D eigenvalue weighted by Gasteiger charge is -2.27. The molecule has 1 unspecified atom stereocenters. The number of benzene rings is 1. The minimum Gasteiger partial charge on any atom is -0.508 e. The van der Waals surface area contributed by atoms with Crippen LogP contribution in [0.1, 0.15) is 36.2 Å². The monoisotopic (exact) mass is 265 g/mol. The summed E-state index contributed by atoms with van der Waals surface area (Å²) in [6.07, 6.45) is 0.677. The normalized spacial score (nSPS) is 11.9. The molecule has 5 nitrogen and oxygen atoms in total. The summed E-state index contributed by atoms with van der Waals surface area (Å²) in [6.45, 7) is 5.10. The van der Waals surface area contributed by atoms with Gasteiger partial charge in [0, 0.05) is 11.6 Å². The van der Waals surface area contributed by atoms with Gasteiger partial charge in [-0.25, -0.2) is 0 Å². The zero-order valence-electron chi connectivity index (χ0n) is 11.4. The molecule has 0 saturated heterocycles. The maximum Gasteiger partial charge on any atom is 0.323 e. The van der Waals surface area contributed by atoms with Crippen LogP contribution in [0.5, 0.6) is 5.75 Å². The second-order valence-corrected chi connectivity index (χ2v) is 4.58. The predicted molar refractivity (Wildman–Crippen MR) is 71.3 cm³/mol. The lowest BCUT2D eigenvalue weighted by atomic mass is 10.1. The van der Waals surface area contributed by atoms with Gasteiger partial charge in [0.2, 0.25) is 0 Å². The van der Waals surface area contributed by atoms with Crippen molar-refractivity contribution in [2.75, 3.05) is 6.54 Å². The van der Waals surface area contributed by atoms with Gasteiger partial charge in [-0.3, -0.25) is 9.59 Å². The lowest BCUT2D eigenvalue weighted by Crippen LogP contribution is -2.42. The third-order valence-corrected chi connectivity index (χ3v) is 3.13. The Labute approximate surface area is 112 Å². The van der Waals surface area contributed by atoms with Crippen molar-refractivity contribution in [3.05, 3.63) is 29.3 Å². The highest BCUT2D eigenvalue weighted by Crippen LogP contribution is 2.19. The van der Waals surface area contributed by atoms with Crippen LogP contribution in [0.25, 0.3) is 0 Å². The number of aryl methyl sites for hydroxylation is 1. The van der Waals surface area contributed by atoms with Gasteiger partial charge in [-0.2, -0.15) is 0 Å². The number of carbonyl (C=O) groups excluding carboxylic acids is 1. The Hall–Kier alpha value is -2.04. The van der Waals surface area contributed by atoms with Crippen LogP contribution >= 0.6 is 0 Å². The SMILES string of the molecule is CCC(C)N(CC(=O)O)C(=O)c1ccc(O)cc1C. The smallest absolute Gasteiger partial charge is 0.323 e. The lowest BCUT2D eigenvalue weighted by molar-refractivity contribution is -0.138. The minimum absolute atomic E-state index is 0.0855. The van der Waals surface area contributed by atoms with Crippen molar-refractivity contribution in [3.63, 3.8) is 0 Å². The number of nitrogens with zero attached hydrogens (tertiary/aromatic N) is 1. The number of carbonyl (C=O) groups is 2. The van der Waals surface area contributed by atoms with Gasteiger partial charge in [-0.1, -0.05) is 6.92 Å². The van der Waals surface area contributed by atoms with E-state index in [9.17, 15) is 14.7 Å². The summed E-state index contributed by atoms with van der Waals surface area (Å²) in [5.74, 6) is -1.28. The van der Waals surface area contributed by atoms with E-state index < -0.39 is 5.97 Å². The number of rotatable bonds is 5. The summed E-state index contributed by atoms with van der Waals surface area (Å²) in [5.41, 5.74) is 1.04. The highest BCUT2D eigenvalue weighted by atomic mass is 16.4. The topological polar surface area (TPSA) is 77.8 Å². The van der Waals surface area contributed by atoms with Crippen molar-refractivity contribution in [2.45, 2.75) is 33.2 Å². The van der Waals surface area contributed by atoms with Gasteiger partial charge in [0.1, 0.15) is 12.3 Å². The van der Waals surface area contributed by atoms with E-state index in [0.29, 0.717) is 17.5 Å². The number of carboxylic acid groups (broad SMARTS) is 1. The fraction of sp³-hybridized carbons (Fsp3) is 0.429. The van der Waals surface area contributed by atoms with E-state index >= 15 is 0 Å². The number of carboxylic acids is 1. The number of aliphatic carboxylic acids is 1. The maximum absolute atomic E-state index is 12.4. The summed E-state index contributed by atoms with van der Waals surface area (Å²) in [7, 11) is 0. The summed E-state index contributed by atoms with van der Waals surface area (Å²) in [5, 5.41) is 18.2. The average Bonchev–Trinajstić information content (AvgIpc) is 2.34. The van der Waals surface area contributed by atoms with Crippen LogP contribution in [0, 0.1) is 6.92 Å². The molecule has 1 atom stereocenters. The first-order chi connectivity index (χ1) is 8.86. The van der Waals surface area contributed by atoms with Crippen LogP contribution in [0.15, 0.2) is 18.2 Å². The van der Waals surface area contributed by atoms with E-state index in [1.165, 1.54) is 23.1 Å². The van der Waals surface area contributed by atoms with Crippen LogP contribution in [0.2, 0.25) is 0 Å². The summed E-state index contributed by atoms with van der Waals surface area (Å²) >= 11 is 0. The Bertz CT molecular complexity index is 484. The largest absolute Gasteiger partial charge is 0.508 e. The van der Waals surface area contributed by atoms with Crippen molar-refractivity contribution in [1.29, 1.82) is 0 Å². The van der Waals surface area contributed by atoms with Gasteiger partial charge in [0.25, 0.3) is 5.91 Å². The van der Waals surface area contributed by atoms with E-state index in [4.69, 9.17) is 5.11 Å². The Morgan fingerprint density at radius 3 is 2.47 bits per heavy atom. The summed E-state index contributed by atoms with van der Waals surface area (Å²) in [4.78, 5) is 24.6. The molecule has 0 aliphatic carbocycles. The standard InChI is InChI=1S/C14H19NO4/c1-4-10(3)15(8-13(17)18)14(19)12-6-5-11(16)7-9(12)2/h5-7,10,16H,4,8H2,1-3H3,(H,17,18). The van der Waals surface area contributed by atoms with E-state index in [1.54, 1.807) is 6.92 Å². The number of amides is 1. The second-order valence-electron chi connectivity index (χ2n) is 4.58. The summed E-state index contributed by atoms with van der Waals surface area (Å²) in [6, 6.07) is 4.28. The average molecular weight is 265 g/mol. The van der Waals surface area contributed by atoms with Gasteiger partial charge in [-0.15, -0.1) is 0 Å². The van der Waals surface area contributed by atoms with Gasteiger partial charge in [-0.05, 0) is 44.0 Å². The molecule has 5 heteroatoms. The first kappa shape index (κ1) is 15.0. The second kappa shape index (κ2) is 6.22. The number of phenolic OH excluding ortho intramolecular Hbond substituents is 1. The molecular formula is C14H19NO4. The Morgan fingerprint density at radius 1 is 1.37 bits per heavy atom. The van der Waals surface area contributed by atoms with E-state index in [-0.39, 0.29) is 24.2 Å². The van der Waals surface area contributed by atoms with Crippen LogP contribution in [0.3, 0.4) is 0 Å². The van der Waals surface area contributed by atoms with Crippen molar-refractivity contribution >= 4 is 11.9 Å². The van der Waals surface area contributed by atoms with Gasteiger partial charge < -0.3 is 15.1 Å². The molecule has 0 saturated carbocycles. The fourth-order valence-electron chi connectivity index (χ4n) is 1.84. The molecule has 0 aromatic heterocycles. The van der Waals surface area contributed by atoms with Gasteiger partial charge >= 0.3 is 5.97 Å². The number of aromatic hydroxyl groups is 1. The first-order valence-corrected chi connectivity index (χ1v) is 6.19. The fourth-order valence-corrected chi connectivity index (χ4v) is 1.84. The third kappa shape index (κ3) is 3.71. The van der Waals surface area contributed by atoms with Crippen molar-refractivity contribution < 1.29 is 19.8 Å². The van der Waals surface area contributed by atoms with Crippen LogP contribution in [0.4, 0.5) is 0 Å². The maximum atomic E-state index is 12.4.